The van der Waals surface area contributed by atoms with E-state index in [4.69, 9.17) is 11.6 Å². The van der Waals surface area contributed by atoms with Crippen molar-refractivity contribution in [1.82, 2.24) is 19.0 Å². The summed E-state index contributed by atoms with van der Waals surface area (Å²) >= 11 is 4.17. The van der Waals surface area contributed by atoms with Gasteiger partial charge in [-0.25, -0.2) is 0 Å². The molecule has 1 N–H and O–H groups in total. The number of carbonyl (C=O) groups excluding carboxylic acids is 1. The van der Waals surface area contributed by atoms with Crippen LogP contribution in [0.1, 0.15) is 32.9 Å². The van der Waals surface area contributed by atoms with E-state index in [0.717, 1.165) is 27.3 Å². The highest BCUT2D eigenvalue weighted by atomic mass is 35.5. The van der Waals surface area contributed by atoms with Gasteiger partial charge < -0.3 is 9.87 Å². The molecule has 2 aromatic carbocycles. The van der Waals surface area contributed by atoms with Crippen molar-refractivity contribution in [3.63, 3.8) is 0 Å². The number of hydrogen-bond donors (Lipinski definition) is 1. The molecule has 1 amide bonds. The monoisotopic (exact) mass is 526 g/mol. The van der Waals surface area contributed by atoms with Crippen LogP contribution >= 0.6 is 23.3 Å². The molecular weight excluding hydrogens is 506 g/mol. The summed E-state index contributed by atoms with van der Waals surface area (Å²) in [5.74, 6) is -0.109. The summed E-state index contributed by atoms with van der Waals surface area (Å²) < 4.78 is 34.5. The van der Waals surface area contributed by atoms with Crippen molar-refractivity contribution in [3.05, 3.63) is 101 Å². The number of hydrogen-bond acceptors (Lipinski definition) is 7. The lowest BCUT2D eigenvalue weighted by atomic mass is 10.1. The molecule has 4 aromatic rings. The zero-order valence-electron chi connectivity index (χ0n) is 18.5. The van der Waals surface area contributed by atoms with E-state index in [2.05, 4.69) is 19.0 Å². The van der Waals surface area contributed by atoms with E-state index >= 15 is 0 Å². The molecule has 2 aromatic heterocycles. The normalized spacial score (nSPS) is 11.7. The van der Waals surface area contributed by atoms with E-state index < -0.39 is 17.2 Å². The Morgan fingerprint density at radius 2 is 1.86 bits per heavy atom. The lowest BCUT2D eigenvalue weighted by Gasteiger charge is -2.27. The van der Waals surface area contributed by atoms with E-state index in [0.29, 0.717) is 30.6 Å². The topological polar surface area (TPSA) is 111 Å². The van der Waals surface area contributed by atoms with Gasteiger partial charge in [0.1, 0.15) is 5.69 Å². The van der Waals surface area contributed by atoms with Gasteiger partial charge in [0.05, 0.1) is 34.2 Å². The largest absolute Gasteiger partial charge is 0.755 e. The fourth-order valence-electron chi connectivity index (χ4n) is 3.49. The van der Waals surface area contributed by atoms with Crippen molar-refractivity contribution in [1.29, 1.82) is 0 Å². The number of benzene rings is 2. The van der Waals surface area contributed by atoms with Gasteiger partial charge in [-0.1, -0.05) is 42.5 Å². The SMILES string of the molecule is O=C(NCCc1ccccn1)c1ccc(CCl)cc1N(c1nsnc1Cc1ccccc1)S(=O)[O-]. The summed E-state index contributed by atoms with van der Waals surface area (Å²) in [7, 11) is 0. The maximum Gasteiger partial charge on any atom is 0.253 e. The first-order chi connectivity index (χ1) is 17.1. The van der Waals surface area contributed by atoms with Crippen LogP contribution in [-0.4, -0.2) is 34.9 Å². The molecule has 0 aliphatic carbocycles. The van der Waals surface area contributed by atoms with Gasteiger partial charge in [-0.3, -0.25) is 18.3 Å². The second-order valence-corrected chi connectivity index (χ2v) is 9.12. The fraction of sp³-hybridized carbons (Fsp3) is 0.167. The van der Waals surface area contributed by atoms with Gasteiger partial charge in [0.15, 0.2) is 5.82 Å². The molecule has 180 valence electrons. The van der Waals surface area contributed by atoms with Gasteiger partial charge in [-0.2, -0.15) is 8.75 Å². The Morgan fingerprint density at radius 3 is 2.57 bits per heavy atom. The zero-order valence-corrected chi connectivity index (χ0v) is 20.9. The van der Waals surface area contributed by atoms with Crippen molar-refractivity contribution >= 4 is 52.0 Å². The van der Waals surface area contributed by atoms with E-state index in [-0.39, 0.29) is 22.9 Å². The van der Waals surface area contributed by atoms with Crippen LogP contribution in [0.25, 0.3) is 0 Å². The van der Waals surface area contributed by atoms with Gasteiger partial charge in [-0.05, 0) is 35.4 Å². The molecule has 0 bridgehead atoms. The average Bonchev–Trinajstić information content (AvgIpc) is 3.32. The second-order valence-electron chi connectivity index (χ2n) is 7.52. The first-order valence-electron chi connectivity index (χ1n) is 10.7. The molecule has 2 heterocycles. The van der Waals surface area contributed by atoms with E-state index in [9.17, 15) is 13.6 Å². The summed E-state index contributed by atoms with van der Waals surface area (Å²) in [4.78, 5) is 17.4. The summed E-state index contributed by atoms with van der Waals surface area (Å²) in [5.41, 5.74) is 3.29. The smallest absolute Gasteiger partial charge is 0.253 e. The third-order valence-corrected chi connectivity index (χ3v) is 6.70. The number of pyridine rings is 1. The van der Waals surface area contributed by atoms with Crippen molar-refractivity contribution in [2.24, 2.45) is 0 Å². The molecule has 11 heteroatoms. The lowest BCUT2D eigenvalue weighted by molar-refractivity contribution is 0.0955. The minimum atomic E-state index is -2.77. The highest BCUT2D eigenvalue weighted by Gasteiger charge is 2.24. The minimum Gasteiger partial charge on any atom is -0.755 e. The number of amides is 1. The summed E-state index contributed by atoms with van der Waals surface area (Å²) in [6.45, 7) is 0.338. The molecule has 4 rings (SSSR count). The fourth-order valence-corrected chi connectivity index (χ4v) is 4.85. The van der Waals surface area contributed by atoms with Crippen LogP contribution in [0.5, 0.6) is 0 Å². The number of nitrogens with one attached hydrogen (secondary N) is 1. The number of rotatable bonds is 10. The number of carbonyl (C=O) groups is 1. The van der Waals surface area contributed by atoms with Gasteiger partial charge in [-0.15, -0.1) is 11.6 Å². The molecule has 0 aliphatic heterocycles. The lowest BCUT2D eigenvalue weighted by Crippen LogP contribution is -2.29. The third-order valence-electron chi connectivity index (χ3n) is 5.16. The number of alkyl halides is 1. The number of aromatic nitrogens is 3. The molecule has 0 saturated heterocycles. The molecule has 1 atom stereocenters. The van der Waals surface area contributed by atoms with Crippen molar-refractivity contribution in [3.8, 4) is 0 Å². The van der Waals surface area contributed by atoms with Gasteiger partial charge >= 0.3 is 0 Å². The molecule has 0 fully saturated rings. The maximum absolute atomic E-state index is 13.1. The zero-order chi connectivity index (χ0) is 24.6. The molecule has 0 saturated carbocycles. The van der Waals surface area contributed by atoms with Crippen LogP contribution in [-0.2, 0) is 30.0 Å². The first-order valence-corrected chi connectivity index (χ1v) is 13.0. The standard InChI is InChI=1S/C24H22ClN5O3S2/c25-16-18-9-10-20(24(31)27-13-11-19-8-4-5-12-26-19)22(15-18)30(35(32)33)23-21(28-34-29-23)14-17-6-2-1-3-7-17/h1-10,12,15H,11,13-14,16H2,(H,27,31)(H,32,33)/p-1. The molecule has 1 unspecified atom stereocenters. The quantitative estimate of drug-likeness (QED) is 0.245. The Balaban J connectivity index is 1.64. The predicted molar refractivity (Wildman–Crippen MR) is 136 cm³/mol. The number of halogens is 1. The van der Waals surface area contributed by atoms with E-state index in [1.165, 1.54) is 0 Å². The maximum atomic E-state index is 13.1. The Hall–Kier alpha value is -3.18. The number of anilines is 2. The Kier molecular flexibility index (Phi) is 8.54. The third kappa shape index (κ3) is 6.29. The summed E-state index contributed by atoms with van der Waals surface area (Å²) in [6.07, 6.45) is 2.62. The van der Waals surface area contributed by atoms with Crippen molar-refractivity contribution in [2.75, 3.05) is 10.8 Å². The molecule has 0 radical (unpaired) electrons. The van der Waals surface area contributed by atoms with Crippen molar-refractivity contribution in [2.45, 2.75) is 18.7 Å². The van der Waals surface area contributed by atoms with E-state index in [1.807, 2.05) is 48.5 Å². The highest BCUT2D eigenvalue weighted by molar-refractivity contribution is 7.81. The van der Waals surface area contributed by atoms with Crippen LogP contribution < -0.4 is 9.62 Å². The number of nitrogens with zero attached hydrogens (tertiary/aromatic N) is 4. The van der Waals surface area contributed by atoms with E-state index in [1.54, 1.807) is 24.4 Å². The minimum absolute atomic E-state index is 0.153. The average molecular weight is 527 g/mol. The van der Waals surface area contributed by atoms with Crippen LogP contribution in [0.2, 0.25) is 0 Å². The Labute approximate surface area is 214 Å². The Bertz CT molecular complexity index is 1310. The molecule has 8 nitrogen and oxygen atoms in total. The van der Waals surface area contributed by atoms with Crippen LogP contribution in [0, 0.1) is 0 Å². The molecule has 35 heavy (non-hydrogen) atoms. The molecular formula is C24H21ClN5O3S2-. The van der Waals surface area contributed by atoms with Crippen LogP contribution in [0.3, 0.4) is 0 Å². The van der Waals surface area contributed by atoms with Gasteiger partial charge in [0.2, 0.25) is 0 Å². The predicted octanol–water partition coefficient (Wildman–Crippen LogP) is 4.17. The van der Waals surface area contributed by atoms with Gasteiger partial charge in [0.25, 0.3) is 5.91 Å². The van der Waals surface area contributed by atoms with Crippen molar-refractivity contribution < 1.29 is 13.6 Å². The molecule has 0 aliphatic rings. The Morgan fingerprint density at radius 1 is 1.06 bits per heavy atom. The van der Waals surface area contributed by atoms with Crippen LogP contribution in [0.15, 0.2) is 72.9 Å². The highest BCUT2D eigenvalue weighted by Crippen LogP contribution is 2.33. The second kappa shape index (κ2) is 12.0. The van der Waals surface area contributed by atoms with Crippen LogP contribution in [0.4, 0.5) is 11.5 Å². The first kappa shape index (κ1) is 24.9. The summed E-state index contributed by atoms with van der Waals surface area (Å²) in [5, 5.41) is 2.85. The molecule has 0 spiro atoms. The summed E-state index contributed by atoms with van der Waals surface area (Å²) in [6, 6.07) is 20.0. The van der Waals surface area contributed by atoms with Gasteiger partial charge in [0, 0.05) is 37.2 Å².